The summed E-state index contributed by atoms with van der Waals surface area (Å²) < 4.78 is 10.5. The smallest absolute Gasteiger partial charge is 0.308 e. The molecule has 5 nitrogen and oxygen atoms in total. The number of ether oxygens (including phenoxy) is 2. The lowest BCUT2D eigenvalue weighted by molar-refractivity contribution is -0.142. The molecule has 17 heavy (non-hydrogen) atoms. The van der Waals surface area contributed by atoms with Crippen molar-refractivity contribution in [3.8, 4) is 11.5 Å². The fourth-order valence-electron chi connectivity index (χ4n) is 1.95. The molecule has 0 fully saturated rings. The van der Waals surface area contributed by atoms with Crippen LogP contribution in [-0.2, 0) is 4.79 Å². The zero-order chi connectivity index (χ0) is 12.4. The van der Waals surface area contributed by atoms with E-state index in [1.165, 1.54) is 0 Å². The molecular formula is C12H15NO4. The van der Waals surface area contributed by atoms with Gasteiger partial charge in [-0.15, -0.1) is 0 Å². The Morgan fingerprint density at radius 2 is 2.12 bits per heavy atom. The molecule has 0 spiro atoms. The Morgan fingerprint density at radius 3 is 2.76 bits per heavy atom. The van der Waals surface area contributed by atoms with E-state index in [0.29, 0.717) is 11.5 Å². The van der Waals surface area contributed by atoms with E-state index < -0.39 is 11.9 Å². The number of rotatable bonds is 4. The van der Waals surface area contributed by atoms with E-state index in [2.05, 4.69) is 5.32 Å². The van der Waals surface area contributed by atoms with E-state index in [1.54, 1.807) is 20.0 Å². The van der Waals surface area contributed by atoms with Crippen LogP contribution in [0.15, 0.2) is 18.2 Å². The summed E-state index contributed by atoms with van der Waals surface area (Å²) in [6.45, 7) is 1.89. The highest BCUT2D eigenvalue weighted by molar-refractivity contribution is 5.71. The number of carboxylic acid groups (broad SMARTS) is 1. The van der Waals surface area contributed by atoms with Gasteiger partial charge in [0.15, 0.2) is 11.5 Å². The maximum absolute atomic E-state index is 11.0. The predicted octanol–water partition coefficient (Wildman–Crippen LogP) is 1.40. The van der Waals surface area contributed by atoms with Crippen LogP contribution >= 0.6 is 0 Å². The average molecular weight is 237 g/mol. The Hall–Kier alpha value is -1.75. The summed E-state index contributed by atoms with van der Waals surface area (Å²) in [5.74, 6) is 0.0225. The molecule has 0 amide bonds. The molecule has 0 saturated carbocycles. The maximum Gasteiger partial charge on any atom is 0.308 e. The van der Waals surface area contributed by atoms with Crippen LogP contribution in [-0.4, -0.2) is 24.9 Å². The van der Waals surface area contributed by atoms with E-state index in [4.69, 9.17) is 14.6 Å². The second-order valence-corrected chi connectivity index (χ2v) is 4.01. The largest absolute Gasteiger partial charge is 0.481 e. The van der Waals surface area contributed by atoms with Gasteiger partial charge in [0, 0.05) is 6.04 Å². The van der Waals surface area contributed by atoms with Gasteiger partial charge in [-0.1, -0.05) is 13.0 Å². The Bertz CT molecular complexity index is 433. The number of benzene rings is 1. The number of aliphatic carboxylic acids is 1. The first-order valence-electron chi connectivity index (χ1n) is 5.43. The van der Waals surface area contributed by atoms with Gasteiger partial charge in [-0.05, 0) is 24.7 Å². The number of nitrogens with one attached hydrogen (secondary N) is 1. The Morgan fingerprint density at radius 1 is 1.41 bits per heavy atom. The van der Waals surface area contributed by atoms with Crippen LogP contribution in [0.25, 0.3) is 0 Å². The van der Waals surface area contributed by atoms with Crippen LogP contribution in [0, 0.1) is 5.92 Å². The van der Waals surface area contributed by atoms with Crippen molar-refractivity contribution in [1.82, 2.24) is 5.32 Å². The number of hydrogen-bond acceptors (Lipinski definition) is 4. The quantitative estimate of drug-likeness (QED) is 0.828. The van der Waals surface area contributed by atoms with E-state index in [0.717, 1.165) is 5.56 Å². The van der Waals surface area contributed by atoms with Crippen LogP contribution in [0.1, 0.15) is 18.5 Å². The van der Waals surface area contributed by atoms with Crippen LogP contribution in [0.3, 0.4) is 0 Å². The summed E-state index contributed by atoms with van der Waals surface area (Å²) >= 11 is 0. The molecule has 0 aromatic heterocycles. The van der Waals surface area contributed by atoms with E-state index in [-0.39, 0.29) is 12.8 Å². The zero-order valence-corrected chi connectivity index (χ0v) is 9.77. The summed E-state index contributed by atoms with van der Waals surface area (Å²) in [7, 11) is 1.74. The molecule has 1 aliphatic heterocycles. The molecule has 0 aliphatic carbocycles. The molecule has 1 aromatic carbocycles. The molecule has 0 saturated heterocycles. The number of carboxylic acids is 1. The van der Waals surface area contributed by atoms with Crippen molar-refractivity contribution in [1.29, 1.82) is 0 Å². The minimum absolute atomic E-state index is 0.220. The second kappa shape index (κ2) is 4.63. The van der Waals surface area contributed by atoms with E-state index in [9.17, 15) is 4.79 Å². The summed E-state index contributed by atoms with van der Waals surface area (Å²) in [5.41, 5.74) is 0.881. The lowest BCUT2D eigenvalue weighted by atomic mass is 9.94. The third-order valence-electron chi connectivity index (χ3n) is 2.96. The number of hydrogen-bond donors (Lipinski definition) is 2. The Labute approximate surface area is 99.3 Å². The molecule has 5 heteroatoms. The van der Waals surface area contributed by atoms with Crippen molar-refractivity contribution in [2.45, 2.75) is 13.0 Å². The molecule has 92 valence electrons. The standard InChI is InChI=1S/C12H15NO4/c1-7(12(14)15)11(13-2)8-3-4-9-10(5-8)17-6-16-9/h3-5,7,11,13H,6H2,1-2H3,(H,14,15)/t7?,11-/m0/s1. The highest BCUT2D eigenvalue weighted by Crippen LogP contribution is 2.35. The SMILES string of the molecule is CN[C@H](c1ccc2c(c1)OCO2)C(C)C(=O)O. The maximum atomic E-state index is 11.0. The first-order chi connectivity index (χ1) is 8.13. The van der Waals surface area contributed by atoms with E-state index >= 15 is 0 Å². The topological polar surface area (TPSA) is 67.8 Å². The summed E-state index contributed by atoms with van der Waals surface area (Å²) in [4.78, 5) is 11.0. The Balaban J connectivity index is 2.28. The first-order valence-corrected chi connectivity index (χ1v) is 5.43. The van der Waals surface area contributed by atoms with Gasteiger partial charge >= 0.3 is 5.97 Å². The number of carbonyl (C=O) groups is 1. The second-order valence-electron chi connectivity index (χ2n) is 4.01. The molecule has 1 heterocycles. The Kier molecular flexibility index (Phi) is 3.19. The lowest BCUT2D eigenvalue weighted by Crippen LogP contribution is -2.28. The molecule has 2 atom stereocenters. The van der Waals surface area contributed by atoms with Crippen molar-refractivity contribution in [2.75, 3.05) is 13.8 Å². The van der Waals surface area contributed by atoms with Gasteiger partial charge in [0.25, 0.3) is 0 Å². The van der Waals surface area contributed by atoms with Crippen molar-refractivity contribution in [2.24, 2.45) is 5.92 Å². The van der Waals surface area contributed by atoms with Crippen LogP contribution in [0.2, 0.25) is 0 Å². The summed E-state index contributed by atoms with van der Waals surface area (Å²) in [6.07, 6.45) is 0. The van der Waals surface area contributed by atoms with Crippen LogP contribution in [0.5, 0.6) is 11.5 Å². The number of fused-ring (bicyclic) bond motifs is 1. The minimum atomic E-state index is -0.831. The fourth-order valence-corrected chi connectivity index (χ4v) is 1.95. The van der Waals surface area contributed by atoms with Crippen molar-refractivity contribution < 1.29 is 19.4 Å². The molecule has 2 rings (SSSR count). The molecule has 1 aromatic rings. The van der Waals surface area contributed by atoms with Gasteiger partial charge in [-0.25, -0.2) is 0 Å². The minimum Gasteiger partial charge on any atom is -0.481 e. The van der Waals surface area contributed by atoms with Crippen molar-refractivity contribution >= 4 is 5.97 Å². The van der Waals surface area contributed by atoms with Gasteiger partial charge in [-0.2, -0.15) is 0 Å². The van der Waals surface area contributed by atoms with Crippen molar-refractivity contribution in [3.05, 3.63) is 23.8 Å². The first kappa shape index (κ1) is 11.7. The van der Waals surface area contributed by atoms with Crippen LogP contribution in [0.4, 0.5) is 0 Å². The third-order valence-corrected chi connectivity index (χ3v) is 2.96. The molecule has 1 aliphatic rings. The van der Waals surface area contributed by atoms with Gasteiger partial charge in [0.1, 0.15) is 0 Å². The highest BCUT2D eigenvalue weighted by Gasteiger charge is 2.25. The normalized spacial score (nSPS) is 16.6. The fraction of sp³-hybridized carbons (Fsp3) is 0.417. The van der Waals surface area contributed by atoms with Crippen LogP contribution < -0.4 is 14.8 Å². The van der Waals surface area contributed by atoms with Gasteiger partial charge in [0.2, 0.25) is 6.79 Å². The highest BCUT2D eigenvalue weighted by atomic mass is 16.7. The lowest BCUT2D eigenvalue weighted by Gasteiger charge is -2.20. The predicted molar refractivity (Wildman–Crippen MR) is 61.2 cm³/mol. The molecule has 0 bridgehead atoms. The van der Waals surface area contributed by atoms with Gasteiger partial charge in [0.05, 0.1) is 5.92 Å². The molecule has 2 N–H and O–H groups in total. The van der Waals surface area contributed by atoms with Gasteiger partial charge in [-0.3, -0.25) is 4.79 Å². The molecular weight excluding hydrogens is 222 g/mol. The van der Waals surface area contributed by atoms with Crippen molar-refractivity contribution in [3.63, 3.8) is 0 Å². The average Bonchev–Trinajstić information content (AvgIpc) is 2.77. The summed E-state index contributed by atoms with van der Waals surface area (Å²) in [5, 5.41) is 12.1. The third kappa shape index (κ3) is 2.19. The summed E-state index contributed by atoms with van der Waals surface area (Å²) in [6, 6.07) is 5.23. The monoisotopic (exact) mass is 237 g/mol. The zero-order valence-electron chi connectivity index (χ0n) is 9.77. The molecule has 1 unspecified atom stereocenters. The molecule has 0 radical (unpaired) electrons. The van der Waals surface area contributed by atoms with E-state index in [1.807, 2.05) is 12.1 Å². The van der Waals surface area contributed by atoms with Gasteiger partial charge < -0.3 is 19.9 Å².